The van der Waals surface area contributed by atoms with Crippen molar-refractivity contribution in [3.05, 3.63) is 76.8 Å². The first-order valence-corrected chi connectivity index (χ1v) is 11.0. The quantitative estimate of drug-likeness (QED) is 0.496. The van der Waals surface area contributed by atoms with Gasteiger partial charge >= 0.3 is 5.97 Å². The number of ether oxygens (including phenoxy) is 1. The van der Waals surface area contributed by atoms with E-state index in [1.807, 2.05) is 36.4 Å². The van der Waals surface area contributed by atoms with Gasteiger partial charge in [-0.25, -0.2) is 0 Å². The largest absolute Gasteiger partial charge is 0.455 e. The fourth-order valence-electron chi connectivity index (χ4n) is 3.54. The fourth-order valence-corrected chi connectivity index (χ4v) is 3.80. The van der Waals surface area contributed by atoms with Crippen LogP contribution in [0.2, 0.25) is 0 Å². The summed E-state index contributed by atoms with van der Waals surface area (Å²) < 4.78 is 5.95. The van der Waals surface area contributed by atoms with Gasteiger partial charge in [0.15, 0.2) is 6.61 Å². The molecule has 0 spiro atoms. The maximum atomic E-state index is 12.4. The first-order valence-electron chi connectivity index (χ1n) is 10.2. The van der Waals surface area contributed by atoms with E-state index in [1.165, 1.54) is 0 Å². The van der Waals surface area contributed by atoms with Gasteiger partial charge < -0.3 is 10.1 Å². The smallest absolute Gasteiger partial charge is 0.311 e. The average Bonchev–Trinajstić information content (AvgIpc) is 3.18. The molecule has 1 atom stereocenters. The Hall–Kier alpha value is -3.72. The van der Waals surface area contributed by atoms with Crippen LogP contribution in [0.5, 0.6) is 0 Å². The van der Waals surface area contributed by atoms with Crippen LogP contribution in [0.25, 0.3) is 10.8 Å². The summed E-state index contributed by atoms with van der Waals surface area (Å²) in [6.07, 6.45) is -0.107. The molecule has 168 valence electrons. The molecule has 4 rings (SSSR count). The highest BCUT2D eigenvalue weighted by Crippen LogP contribution is 2.23. The molecule has 0 unspecified atom stereocenters. The average molecular weight is 510 g/mol. The third-order valence-corrected chi connectivity index (χ3v) is 5.74. The molecular weight excluding hydrogens is 490 g/mol. The number of esters is 1. The van der Waals surface area contributed by atoms with Crippen LogP contribution in [0.4, 0.5) is 5.69 Å². The zero-order valence-electron chi connectivity index (χ0n) is 17.4. The van der Waals surface area contributed by atoms with Crippen molar-refractivity contribution in [2.45, 2.75) is 6.42 Å². The van der Waals surface area contributed by atoms with Gasteiger partial charge in [0.1, 0.15) is 0 Å². The fraction of sp³-hybridized carbons (Fsp3) is 0.167. The lowest BCUT2D eigenvalue weighted by molar-refractivity contribution is -0.151. The monoisotopic (exact) mass is 509 g/mol. The molecule has 0 aromatic heterocycles. The van der Waals surface area contributed by atoms with Crippen molar-refractivity contribution in [3.63, 3.8) is 0 Å². The minimum absolute atomic E-state index is 0.0229. The predicted molar refractivity (Wildman–Crippen MR) is 125 cm³/mol. The molecule has 8 nitrogen and oxygen atoms in total. The van der Waals surface area contributed by atoms with Crippen LogP contribution >= 0.6 is 15.9 Å². The van der Waals surface area contributed by atoms with Gasteiger partial charge in [-0.2, -0.15) is 0 Å². The molecule has 2 N–H and O–H groups in total. The lowest BCUT2D eigenvalue weighted by Gasteiger charge is -2.17. The Morgan fingerprint density at radius 3 is 2.52 bits per heavy atom. The number of hydrogen-bond acceptors (Lipinski definition) is 5. The van der Waals surface area contributed by atoms with E-state index in [0.717, 1.165) is 20.3 Å². The second-order valence-electron chi connectivity index (χ2n) is 7.54. The highest BCUT2D eigenvalue weighted by atomic mass is 79.9. The number of anilines is 1. The molecule has 1 fully saturated rings. The third kappa shape index (κ3) is 5.38. The minimum Gasteiger partial charge on any atom is -0.455 e. The topological polar surface area (TPSA) is 105 Å². The summed E-state index contributed by atoms with van der Waals surface area (Å²) in [5.74, 6) is -2.78. The Labute approximate surface area is 198 Å². The maximum Gasteiger partial charge on any atom is 0.311 e. The molecule has 3 aromatic carbocycles. The summed E-state index contributed by atoms with van der Waals surface area (Å²) in [6.45, 7) is -0.497. The lowest BCUT2D eigenvalue weighted by atomic mass is 10.1. The molecule has 0 radical (unpaired) electrons. The molecule has 3 amide bonds. The Morgan fingerprint density at radius 2 is 1.73 bits per heavy atom. The zero-order chi connectivity index (χ0) is 23.4. The van der Waals surface area contributed by atoms with Gasteiger partial charge in [-0.3, -0.25) is 29.6 Å². The number of carbonyl (C=O) groups is 4. The van der Waals surface area contributed by atoms with Crippen molar-refractivity contribution in [1.29, 1.82) is 0 Å². The first-order chi connectivity index (χ1) is 15.9. The molecule has 0 aliphatic carbocycles. The zero-order valence-corrected chi connectivity index (χ0v) is 19.0. The Balaban J connectivity index is 1.29. The van der Waals surface area contributed by atoms with Crippen LogP contribution in [0, 0.1) is 5.92 Å². The highest BCUT2D eigenvalue weighted by molar-refractivity contribution is 9.10. The van der Waals surface area contributed by atoms with Gasteiger partial charge in [-0.05, 0) is 35.7 Å². The van der Waals surface area contributed by atoms with Gasteiger partial charge in [0, 0.05) is 27.5 Å². The third-order valence-electron chi connectivity index (χ3n) is 5.21. The lowest BCUT2D eigenvalue weighted by Crippen LogP contribution is -2.43. The second kappa shape index (κ2) is 9.83. The van der Waals surface area contributed by atoms with Crippen LogP contribution in [-0.4, -0.2) is 41.9 Å². The molecule has 1 heterocycles. The van der Waals surface area contributed by atoms with Gasteiger partial charge in [-0.1, -0.05) is 52.3 Å². The van der Waals surface area contributed by atoms with E-state index in [9.17, 15) is 19.2 Å². The molecule has 0 saturated carbocycles. The van der Waals surface area contributed by atoms with Crippen LogP contribution in [0.3, 0.4) is 0 Å². The van der Waals surface area contributed by atoms with Gasteiger partial charge in [0.2, 0.25) is 5.91 Å². The summed E-state index contributed by atoms with van der Waals surface area (Å²) in [5.41, 5.74) is 3.50. The summed E-state index contributed by atoms with van der Waals surface area (Å²) in [4.78, 5) is 49.3. The number of nitrogens with one attached hydrogen (secondary N) is 2. The highest BCUT2D eigenvalue weighted by Gasteiger charge is 2.36. The summed E-state index contributed by atoms with van der Waals surface area (Å²) in [7, 11) is 0. The van der Waals surface area contributed by atoms with Crippen LogP contribution in [-0.2, 0) is 19.1 Å². The van der Waals surface area contributed by atoms with Crippen molar-refractivity contribution in [3.8, 4) is 0 Å². The molecule has 1 aliphatic rings. The van der Waals surface area contributed by atoms with Gasteiger partial charge in [-0.15, -0.1) is 0 Å². The molecule has 0 bridgehead atoms. The molecule has 3 aromatic rings. The van der Waals surface area contributed by atoms with E-state index in [0.29, 0.717) is 11.3 Å². The molecule has 1 saturated heterocycles. The van der Waals surface area contributed by atoms with Crippen molar-refractivity contribution >= 4 is 56.1 Å². The number of benzene rings is 3. The standard InChI is InChI=1S/C24H20BrN3O5/c25-18-10-8-16(9-11-18)23(31)27-28-13-17(12-22(28)30)24(32)33-14-21(29)26-20-7-3-5-15-4-1-2-6-19(15)20/h1-11,17H,12-14H2,(H,26,29)(H,27,31)/t17-/m1/s1. The van der Waals surface area contributed by atoms with Crippen LogP contribution in [0.1, 0.15) is 16.8 Å². The predicted octanol–water partition coefficient (Wildman–Crippen LogP) is 3.28. The van der Waals surface area contributed by atoms with E-state index in [-0.39, 0.29) is 13.0 Å². The van der Waals surface area contributed by atoms with Gasteiger partial charge in [0.05, 0.1) is 12.5 Å². The number of halogens is 1. The number of fused-ring (bicyclic) bond motifs is 1. The Kier molecular flexibility index (Phi) is 6.69. The van der Waals surface area contributed by atoms with E-state index >= 15 is 0 Å². The molecular formula is C24H20BrN3O5. The SMILES string of the molecule is O=C(COC(=O)[C@@H]1CC(=O)N(NC(=O)c2ccc(Br)cc2)C1)Nc1cccc2ccccc12. The van der Waals surface area contributed by atoms with Gasteiger partial charge in [0.25, 0.3) is 11.8 Å². The molecule has 9 heteroatoms. The van der Waals surface area contributed by atoms with Crippen molar-refractivity contribution in [2.75, 3.05) is 18.5 Å². The van der Waals surface area contributed by atoms with E-state index < -0.39 is 36.2 Å². The second-order valence-corrected chi connectivity index (χ2v) is 8.45. The number of rotatable bonds is 6. The Morgan fingerprint density at radius 1 is 1.00 bits per heavy atom. The number of nitrogens with zero attached hydrogens (tertiary/aromatic N) is 1. The Bertz CT molecular complexity index is 1220. The maximum absolute atomic E-state index is 12.4. The number of amides is 3. The molecule has 33 heavy (non-hydrogen) atoms. The van der Waals surface area contributed by atoms with E-state index in [1.54, 1.807) is 30.3 Å². The first kappa shape index (κ1) is 22.5. The summed E-state index contributed by atoms with van der Waals surface area (Å²) in [5, 5.41) is 5.69. The number of hydrazine groups is 1. The van der Waals surface area contributed by atoms with Crippen LogP contribution in [0.15, 0.2) is 71.2 Å². The summed E-state index contributed by atoms with van der Waals surface area (Å²) in [6, 6.07) is 19.8. The van der Waals surface area contributed by atoms with Crippen molar-refractivity contribution in [1.82, 2.24) is 10.4 Å². The van der Waals surface area contributed by atoms with E-state index in [4.69, 9.17) is 4.74 Å². The number of hydrogen-bond donors (Lipinski definition) is 2. The minimum atomic E-state index is -0.770. The molecule has 1 aliphatic heterocycles. The number of carbonyl (C=O) groups excluding carboxylic acids is 4. The van der Waals surface area contributed by atoms with Crippen molar-refractivity contribution < 1.29 is 23.9 Å². The van der Waals surface area contributed by atoms with Crippen molar-refractivity contribution in [2.24, 2.45) is 5.92 Å². The van der Waals surface area contributed by atoms with E-state index in [2.05, 4.69) is 26.7 Å². The van der Waals surface area contributed by atoms with Crippen LogP contribution < -0.4 is 10.7 Å². The normalized spacial score (nSPS) is 15.4. The summed E-state index contributed by atoms with van der Waals surface area (Å²) >= 11 is 3.29.